The maximum atomic E-state index is 6.41. The molecule has 0 aliphatic carbocycles. The first-order valence-corrected chi connectivity index (χ1v) is 7.82. The molecule has 0 saturated carbocycles. The summed E-state index contributed by atoms with van der Waals surface area (Å²) in [4.78, 5) is 0. The van der Waals surface area contributed by atoms with Gasteiger partial charge in [0, 0.05) is 10.8 Å². The molecule has 1 aromatic rings. The van der Waals surface area contributed by atoms with E-state index in [1.807, 2.05) is 11.8 Å². The molecule has 1 heterocycles. The quantitative estimate of drug-likeness (QED) is 0.894. The van der Waals surface area contributed by atoms with Gasteiger partial charge in [-0.15, -0.1) is 0 Å². The molecular weight excluding hydrogens is 250 g/mol. The number of rotatable bonds is 4. The van der Waals surface area contributed by atoms with Crippen molar-refractivity contribution in [2.24, 2.45) is 5.73 Å². The molecule has 0 radical (unpaired) electrons. The number of halogens is 1. The van der Waals surface area contributed by atoms with Crippen LogP contribution in [0.25, 0.3) is 0 Å². The zero-order valence-corrected chi connectivity index (χ0v) is 11.9. The minimum Gasteiger partial charge on any atom is -0.330 e. The van der Waals surface area contributed by atoms with E-state index in [-0.39, 0.29) is 0 Å². The molecule has 0 spiro atoms. The van der Waals surface area contributed by atoms with Gasteiger partial charge in [0.1, 0.15) is 0 Å². The lowest BCUT2D eigenvalue weighted by molar-refractivity contribution is 0.688. The van der Waals surface area contributed by atoms with Crippen LogP contribution in [0.15, 0.2) is 18.2 Å². The molecule has 0 amide bonds. The normalized spacial score (nSPS) is 21.7. The van der Waals surface area contributed by atoms with E-state index in [2.05, 4.69) is 25.1 Å². The van der Waals surface area contributed by atoms with E-state index >= 15 is 0 Å². The lowest BCUT2D eigenvalue weighted by Gasteiger charge is -2.15. The predicted octanol–water partition coefficient (Wildman–Crippen LogP) is 4.01. The van der Waals surface area contributed by atoms with Crippen molar-refractivity contribution in [3.8, 4) is 0 Å². The Balaban J connectivity index is 2.16. The van der Waals surface area contributed by atoms with Gasteiger partial charge >= 0.3 is 0 Å². The van der Waals surface area contributed by atoms with Crippen LogP contribution in [0, 0.1) is 0 Å². The van der Waals surface area contributed by atoms with Crippen LogP contribution in [0.4, 0.5) is 0 Å². The van der Waals surface area contributed by atoms with Crippen molar-refractivity contribution in [2.75, 3.05) is 18.1 Å². The third-order valence-corrected chi connectivity index (χ3v) is 5.05. The van der Waals surface area contributed by atoms with Crippen molar-refractivity contribution in [3.05, 3.63) is 34.3 Å². The Morgan fingerprint density at radius 3 is 2.94 bits per heavy atom. The molecule has 2 unspecified atom stereocenters. The average molecular weight is 270 g/mol. The first kappa shape index (κ1) is 13.3. The van der Waals surface area contributed by atoms with E-state index in [4.69, 9.17) is 17.3 Å². The predicted molar refractivity (Wildman–Crippen MR) is 78.2 cm³/mol. The second-order valence-corrected chi connectivity index (χ2v) is 6.38. The van der Waals surface area contributed by atoms with Crippen molar-refractivity contribution in [1.82, 2.24) is 0 Å². The summed E-state index contributed by atoms with van der Waals surface area (Å²) in [5.41, 5.74) is 8.25. The molecule has 2 atom stereocenters. The molecule has 2 rings (SSSR count). The van der Waals surface area contributed by atoms with Crippen molar-refractivity contribution < 1.29 is 0 Å². The number of hydrogen-bond acceptors (Lipinski definition) is 2. The Labute approximate surface area is 113 Å². The van der Waals surface area contributed by atoms with Gasteiger partial charge in [-0.05, 0) is 54.2 Å². The highest BCUT2D eigenvalue weighted by atomic mass is 35.5. The molecular formula is C14H20ClNS. The summed E-state index contributed by atoms with van der Waals surface area (Å²) in [7, 11) is 0. The standard InChI is InChI=1S/C14H20ClNS/c1-10(4-6-16)11-2-3-13(14(15)8-11)12-5-7-17-9-12/h2-3,8,10,12H,4-7,9,16H2,1H3. The van der Waals surface area contributed by atoms with Crippen molar-refractivity contribution in [2.45, 2.75) is 31.6 Å². The number of nitrogens with two attached hydrogens (primary N) is 1. The second-order valence-electron chi connectivity index (χ2n) is 4.82. The molecule has 1 aromatic carbocycles. The molecule has 94 valence electrons. The van der Waals surface area contributed by atoms with Crippen LogP contribution in [-0.2, 0) is 0 Å². The fourth-order valence-electron chi connectivity index (χ4n) is 2.38. The third kappa shape index (κ3) is 3.18. The summed E-state index contributed by atoms with van der Waals surface area (Å²) < 4.78 is 0. The van der Waals surface area contributed by atoms with E-state index in [1.54, 1.807) is 0 Å². The number of thioether (sulfide) groups is 1. The maximum absolute atomic E-state index is 6.41. The van der Waals surface area contributed by atoms with E-state index in [0.717, 1.165) is 18.0 Å². The summed E-state index contributed by atoms with van der Waals surface area (Å²) in [6.07, 6.45) is 2.29. The minimum atomic E-state index is 0.504. The largest absolute Gasteiger partial charge is 0.330 e. The highest BCUT2D eigenvalue weighted by Gasteiger charge is 2.20. The Morgan fingerprint density at radius 2 is 2.35 bits per heavy atom. The third-order valence-electron chi connectivity index (χ3n) is 3.56. The van der Waals surface area contributed by atoms with E-state index < -0.39 is 0 Å². The summed E-state index contributed by atoms with van der Waals surface area (Å²) >= 11 is 8.44. The lowest BCUT2D eigenvalue weighted by atomic mass is 9.93. The van der Waals surface area contributed by atoms with Crippen molar-refractivity contribution >= 4 is 23.4 Å². The number of benzene rings is 1. The summed E-state index contributed by atoms with van der Waals surface area (Å²) in [5, 5.41) is 0.943. The van der Waals surface area contributed by atoms with Crippen LogP contribution in [0.5, 0.6) is 0 Å². The SMILES string of the molecule is CC(CCN)c1ccc(C2CCSC2)c(Cl)c1. The van der Waals surface area contributed by atoms with Crippen molar-refractivity contribution in [1.29, 1.82) is 0 Å². The fraction of sp³-hybridized carbons (Fsp3) is 0.571. The van der Waals surface area contributed by atoms with Gasteiger partial charge in [-0.2, -0.15) is 11.8 Å². The van der Waals surface area contributed by atoms with Crippen LogP contribution in [0.3, 0.4) is 0 Å². The highest BCUT2D eigenvalue weighted by Crippen LogP contribution is 2.37. The van der Waals surface area contributed by atoms with Gasteiger partial charge in [-0.25, -0.2) is 0 Å². The Hall–Kier alpha value is -0.180. The van der Waals surface area contributed by atoms with Crippen LogP contribution in [0.1, 0.15) is 42.7 Å². The monoisotopic (exact) mass is 269 g/mol. The first-order chi connectivity index (χ1) is 8.22. The van der Waals surface area contributed by atoms with Gasteiger partial charge in [0.15, 0.2) is 0 Å². The Kier molecular flexibility index (Phi) is 4.78. The van der Waals surface area contributed by atoms with Gasteiger partial charge < -0.3 is 5.73 Å². The molecule has 1 saturated heterocycles. The molecule has 0 aromatic heterocycles. The minimum absolute atomic E-state index is 0.504. The van der Waals surface area contributed by atoms with Gasteiger partial charge in [0.25, 0.3) is 0 Å². The molecule has 17 heavy (non-hydrogen) atoms. The van der Waals surface area contributed by atoms with Gasteiger partial charge in [0.2, 0.25) is 0 Å². The molecule has 1 nitrogen and oxygen atoms in total. The zero-order chi connectivity index (χ0) is 12.3. The van der Waals surface area contributed by atoms with Gasteiger partial charge in [0.05, 0.1) is 0 Å². The lowest BCUT2D eigenvalue weighted by Crippen LogP contribution is -2.05. The van der Waals surface area contributed by atoms with E-state index in [0.29, 0.717) is 11.8 Å². The van der Waals surface area contributed by atoms with E-state index in [1.165, 1.54) is 29.1 Å². The maximum Gasteiger partial charge on any atom is 0.0443 e. The van der Waals surface area contributed by atoms with Crippen LogP contribution >= 0.6 is 23.4 Å². The van der Waals surface area contributed by atoms with Crippen LogP contribution in [0.2, 0.25) is 5.02 Å². The Bertz CT molecular complexity index is 374. The molecule has 1 fully saturated rings. The summed E-state index contributed by atoms with van der Waals surface area (Å²) in [5.74, 6) is 3.65. The molecule has 2 N–H and O–H groups in total. The van der Waals surface area contributed by atoms with Crippen LogP contribution < -0.4 is 5.73 Å². The first-order valence-electron chi connectivity index (χ1n) is 6.29. The summed E-state index contributed by atoms with van der Waals surface area (Å²) in [6.45, 7) is 2.95. The second kappa shape index (κ2) is 6.12. The van der Waals surface area contributed by atoms with Crippen molar-refractivity contribution in [3.63, 3.8) is 0 Å². The summed E-state index contributed by atoms with van der Waals surface area (Å²) in [6, 6.07) is 6.59. The molecule has 3 heteroatoms. The van der Waals surface area contributed by atoms with E-state index in [9.17, 15) is 0 Å². The van der Waals surface area contributed by atoms with Crippen LogP contribution in [-0.4, -0.2) is 18.1 Å². The zero-order valence-electron chi connectivity index (χ0n) is 10.3. The average Bonchev–Trinajstić information content (AvgIpc) is 2.82. The smallest absolute Gasteiger partial charge is 0.0443 e. The van der Waals surface area contributed by atoms with Gasteiger partial charge in [-0.1, -0.05) is 30.7 Å². The topological polar surface area (TPSA) is 26.0 Å². The highest BCUT2D eigenvalue weighted by molar-refractivity contribution is 7.99. The number of hydrogen-bond donors (Lipinski definition) is 1. The molecule has 1 aliphatic rings. The van der Waals surface area contributed by atoms with Gasteiger partial charge in [-0.3, -0.25) is 0 Å². The molecule has 0 bridgehead atoms. The fourth-order valence-corrected chi connectivity index (χ4v) is 3.97. The Morgan fingerprint density at radius 1 is 1.53 bits per heavy atom. The molecule has 1 aliphatic heterocycles.